The summed E-state index contributed by atoms with van der Waals surface area (Å²) < 4.78 is 47.6. The molecule has 0 fully saturated rings. The van der Waals surface area contributed by atoms with Crippen LogP contribution in [0.2, 0.25) is 0 Å². The van der Waals surface area contributed by atoms with Crippen molar-refractivity contribution in [3.8, 4) is 11.8 Å². The second kappa shape index (κ2) is 11.1. The monoisotopic (exact) mass is 621 g/mol. The number of aryl methyl sites for hydroxylation is 1. The molecular weight excluding hydrogens is 595 g/mol. The first-order chi connectivity index (χ1) is 19.5. The SMILES string of the molecule is Cc1cc(COc2ccccc2Br)c(C)c(C2C(C#N)=C(N)N(c3cccc(C(F)(F)F)c3)C3=C2C(=O)CCC3)c1. The molecule has 0 spiro atoms. The van der Waals surface area contributed by atoms with Gasteiger partial charge in [0.05, 0.1) is 27.6 Å². The molecule has 1 heterocycles. The van der Waals surface area contributed by atoms with Gasteiger partial charge in [0.25, 0.3) is 0 Å². The number of Topliss-reactive ketones (excluding diaryl/α,β-unsaturated/α-hetero) is 1. The lowest BCUT2D eigenvalue weighted by Crippen LogP contribution is -2.39. The number of allylic oxidation sites excluding steroid dienone is 3. The van der Waals surface area contributed by atoms with Gasteiger partial charge in [-0.25, -0.2) is 0 Å². The molecule has 9 heteroatoms. The van der Waals surface area contributed by atoms with Crippen LogP contribution in [0.1, 0.15) is 53.0 Å². The van der Waals surface area contributed by atoms with E-state index in [0.717, 1.165) is 38.9 Å². The highest BCUT2D eigenvalue weighted by Gasteiger charge is 2.41. The van der Waals surface area contributed by atoms with Crippen LogP contribution in [0.4, 0.5) is 18.9 Å². The van der Waals surface area contributed by atoms with Crippen LogP contribution in [0.15, 0.2) is 87.8 Å². The van der Waals surface area contributed by atoms with Gasteiger partial charge < -0.3 is 10.5 Å². The van der Waals surface area contributed by atoms with E-state index >= 15 is 0 Å². The number of anilines is 1. The number of carbonyl (C=O) groups excluding carboxylic acids is 1. The standard InChI is InChI=1S/C32H27BrF3N3O2/c1-18-13-20(17-41-28-12-4-3-9-25(28)33)19(2)23(14-18)29-24(16-37)31(38)39(26-10-6-11-27(40)30(26)29)22-8-5-7-21(15-22)32(34,35)36/h3-5,7-9,12-15,29H,6,10-11,17,38H2,1-2H3. The number of nitrogens with zero attached hydrogens (tertiary/aromatic N) is 2. The minimum atomic E-state index is -4.56. The number of rotatable bonds is 5. The van der Waals surface area contributed by atoms with Crippen LogP contribution in [0.3, 0.4) is 0 Å². The van der Waals surface area contributed by atoms with Crippen LogP contribution in [-0.2, 0) is 17.6 Å². The van der Waals surface area contributed by atoms with Crippen molar-refractivity contribution in [1.82, 2.24) is 0 Å². The fourth-order valence-corrected chi connectivity index (χ4v) is 6.04. The first kappa shape index (κ1) is 28.5. The molecule has 2 N–H and O–H groups in total. The third-order valence-electron chi connectivity index (χ3n) is 7.58. The zero-order valence-corrected chi connectivity index (χ0v) is 24.1. The van der Waals surface area contributed by atoms with Crippen LogP contribution in [0, 0.1) is 25.2 Å². The maximum atomic E-state index is 13.6. The van der Waals surface area contributed by atoms with Crippen LogP contribution in [0.5, 0.6) is 5.75 Å². The third kappa shape index (κ3) is 5.36. The summed E-state index contributed by atoms with van der Waals surface area (Å²) in [4.78, 5) is 15.0. The van der Waals surface area contributed by atoms with Crippen molar-refractivity contribution in [1.29, 1.82) is 5.26 Å². The summed E-state index contributed by atoms with van der Waals surface area (Å²) >= 11 is 3.50. The number of ether oxygens (including phenoxy) is 1. The number of para-hydroxylation sites is 1. The largest absolute Gasteiger partial charge is 0.488 e. The number of carbonyl (C=O) groups is 1. The molecule has 1 aliphatic heterocycles. The molecule has 1 aliphatic carbocycles. The molecule has 0 amide bonds. The molecule has 1 unspecified atom stereocenters. The molecule has 5 rings (SSSR count). The quantitative estimate of drug-likeness (QED) is 0.312. The summed E-state index contributed by atoms with van der Waals surface area (Å²) in [5.41, 5.74) is 10.4. The average Bonchev–Trinajstić information content (AvgIpc) is 2.93. The van der Waals surface area contributed by atoms with E-state index in [2.05, 4.69) is 22.0 Å². The van der Waals surface area contributed by atoms with Crippen LogP contribution >= 0.6 is 15.9 Å². The van der Waals surface area contributed by atoms with E-state index in [0.29, 0.717) is 29.9 Å². The van der Waals surface area contributed by atoms with Gasteiger partial charge in [-0.2, -0.15) is 18.4 Å². The number of halogens is 4. The topological polar surface area (TPSA) is 79.3 Å². The smallest absolute Gasteiger partial charge is 0.416 e. The summed E-state index contributed by atoms with van der Waals surface area (Å²) in [6.07, 6.45) is -3.30. The first-order valence-electron chi connectivity index (χ1n) is 13.1. The fraction of sp³-hybridized carbons (Fsp3) is 0.250. The Morgan fingerprint density at radius 3 is 2.56 bits per heavy atom. The van der Waals surface area contributed by atoms with Gasteiger partial charge in [0.15, 0.2) is 5.78 Å². The highest BCUT2D eigenvalue weighted by molar-refractivity contribution is 9.10. The number of nitriles is 1. The number of alkyl halides is 3. The number of hydrogen-bond acceptors (Lipinski definition) is 5. The molecule has 0 aromatic heterocycles. The Morgan fingerprint density at radius 2 is 1.85 bits per heavy atom. The van der Waals surface area contributed by atoms with E-state index < -0.39 is 17.7 Å². The molecule has 0 saturated carbocycles. The van der Waals surface area contributed by atoms with Crippen molar-refractivity contribution in [2.75, 3.05) is 4.90 Å². The molecule has 3 aromatic carbocycles. The molecule has 210 valence electrons. The van der Waals surface area contributed by atoms with E-state index in [-0.39, 0.29) is 35.9 Å². The fourth-order valence-electron chi connectivity index (χ4n) is 5.64. The van der Waals surface area contributed by atoms with Crippen molar-refractivity contribution >= 4 is 27.4 Å². The average molecular weight is 622 g/mol. The number of hydrogen-bond donors (Lipinski definition) is 1. The van der Waals surface area contributed by atoms with Gasteiger partial charge in [-0.05, 0) is 89.6 Å². The summed E-state index contributed by atoms with van der Waals surface area (Å²) in [5, 5.41) is 10.4. The van der Waals surface area contributed by atoms with Gasteiger partial charge in [0.1, 0.15) is 18.2 Å². The van der Waals surface area contributed by atoms with Crippen LogP contribution < -0.4 is 15.4 Å². The molecule has 1 atom stereocenters. The highest BCUT2D eigenvalue weighted by Crippen LogP contribution is 2.48. The molecule has 0 saturated heterocycles. The first-order valence-corrected chi connectivity index (χ1v) is 13.9. The van der Waals surface area contributed by atoms with Crippen molar-refractivity contribution in [3.05, 3.63) is 116 Å². The lowest BCUT2D eigenvalue weighted by molar-refractivity contribution is -0.137. The molecule has 0 bridgehead atoms. The van der Waals surface area contributed by atoms with Gasteiger partial charge in [0.2, 0.25) is 0 Å². The van der Waals surface area contributed by atoms with Gasteiger partial charge in [-0.3, -0.25) is 9.69 Å². The Labute approximate surface area is 244 Å². The van der Waals surface area contributed by atoms with Crippen molar-refractivity contribution in [3.63, 3.8) is 0 Å². The molecule has 3 aromatic rings. The molecular formula is C32H27BrF3N3O2. The number of benzene rings is 3. The third-order valence-corrected chi connectivity index (χ3v) is 8.23. The molecule has 5 nitrogen and oxygen atoms in total. The highest BCUT2D eigenvalue weighted by atomic mass is 79.9. The zero-order valence-electron chi connectivity index (χ0n) is 22.5. The molecule has 2 aliphatic rings. The predicted molar refractivity (Wildman–Crippen MR) is 154 cm³/mol. The Balaban J connectivity index is 1.65. The van der Waals surface area contributed by atoms with E-state index in [1.807, 2.05) is 50.2 Å². The summed E-state index contributed by atoms with van der Waals surface area (Å²) in [6, 6.07) is 18.5. The van der Waals surface area contributed by atoms with Crippen molar-refractivity contribution in [2.24, 2.45) is 5.73 Å². The summed E-state index contributed by atoms with van der Waals surface area (Å²) in [6.45, 7) is 4.11. The van der Waals surface area contributed by atoms with Gasteiger partial charge in [0, 0.05) is 23.4 Å². The number of nitrogens with two attached hydrogens (primary N) is 1. The Hall–Kier alpha value is -4.03. The van der Waals surface area contributed by atoms with E-state index in [1.165, 1.54) is 17.0 Å². The van der Waals surface area contributed by atoms with Crippen molar-refractivity contribution < 1.29 is 22.7 Å². The van der Waals surface area contributed by atoms with Gasteiger partial charge >= 0.3 is 6.18 Å². The van der Waals surface area contributed by atoms with Gasteiger partial charge in [-0.15, -0.1) is 0 Å². The Bertz CT molecular complexity index is 1650. The van der Waals surface area contributed by atoms with Crippen LogP contribution in [-0.4, -0.2) is 5.78 Å². The van der Waals surface area contributed by atoms with E-state index in [9.17, 15) is 23.2 Å². The molecule has 0 radical (unpaired) electrons. The lowest BCUT2D eigenvalue weighted by atomic mass is 9.73. The Morgan fingerprint density at radius 1 is 1.10 bits per heavy atom. The summed E-state index contributed by atoms with van der Waals surface area (Å²) in [7, 11) is 0. The van der Waals surface area contributed by atoms with E-state index in [4.69, 9.17) is 10.5 Å². The van der Waals surface area contributed by atoms with Crippen molar-refractivity contribution in [2.45, 2.75) is 51.8 Å². The minimum absolute atomic E-state index is 0.0252. The van der Waals surface area contributed by atoms with E-state index in [1.54, 1.807) is 0 Å². The second-order valence-electron chi connectivity index (χ2n) is 10.2. The zero-order chi connectivity index (χ0) is 29.5. The predicted octanol–water partition coefficient (Wildman–Crippen LogP) is 7.97. The van der Waals surface area contributed by atoms with Crippen LogP contribution in [0.25, 0.3) is 0 Å². The normalized spacial score (nSPS) is 17.4. The maximum absolute atomic E-state index is 13.6. The Kier molecular flexibility index (Phi) is 7.71. The lowest BCUT2D eigenvalue weighted by Gasteiger charge is -2.40. The second-order valence-corrected chi connectivity index (χ2v) is 11.1. The van der Waals surface area contributed by atoms with Gasteiger partial charge in [-0.1, -0.05) is 35.9 Å². The number of ketones is 1. The molecule has 41 heavy (non-hydrogen) atoms. The minimum Gasteiger partial charge on any atom is -0.488 e. The maximum Gasteiger partial charge on any atom is 0.416 e. The summed E-state index contributed by atoms with van der Waals surface area (Å²) in [5.74, 6) is -0.178.